The van der Waals surface area contributed by atoms with Gasteiger partial charge in [0, 0.05) is 0 Å². The van der Waals surface area contributed by atoms with Crippen LogP contribution in [0.3, 0.4) is 0 Å². The third-order valence-electron chi connectivity index (χ3n) is 3.44. The largest absolute Gasteiger partial charge is 0.493 e. The van der Waals surface area contributed by atoms with E-state index < -0.39 is 6.10 Å². The first-order valence-electron chi connectivity index (χ1n) is 7.32. The van der Waals surface area contributed by atoms with Crippen molar-refractivity contribution in [1.29, 1.82) is 0 Å². The van der Waals surface area contributed by atoms with Gasteiger partial charge >= 0.3 is 0 Å². The molecule has 0 aliphatic carbocycles. The topological polar surface area (TPSA) is 55.5 Å². The minimum atomic E-state index is -0.494. The summed E-state index contributed by atoms with van der Waals surface area (Å²) in [6.07, 6.45) is 3.62. The van der Waals surface area contributed by atoms with Crippen molar-refractivity contribution in [1.82, 2.24) is 0 Å². The van der Waals surface area contributed by atoms with Crippen molar-refractivity contribution in [2.45, 2.75) is 45.6 Å². The molecule has 0 fully saturated rings. The van der Waals surface area contributed by atoms with Gasteiger partial charge in [-0.05, 0) is 43.0 Å². The zero-order valence-electron chi connectivity index (χ0n) is 12.1. The second-order valence-corrected chi connectivity index (χ2v) is 5.04. The third kappa shape index (κ3) is 5.62. The first kappa shape index (κ1) is 16.0. The first-order chi connectivity index (χ1) is 9.21. The molecule has 0 saturated heterocycles. The maximum absolute atomic E-state index is 9.92. The molecule has 0 amide bonds. The maximum Gasteiger partial charge on any atom is 0.119 e. The fraction of sp³-hybridized carbons (Fsp3) is 0.625. The van der Waals surface area contributed by atoms with E-state index in [-0.39, 0.29) is 0 Å². The highest BCUT2D eigenvalue weighted by atomic mass is 16.5. The van der Waals surface area contributed by atoms with Crippen LogP contribution in [0.15, 0.2) is 24.3 Å². The summed E-state index contributed by atoms with van der Waals surface area (Å²) < 4.78 is 5.84. The average molecular weight is 265 g/mol. The van der Waals surface area contributed by atoms with Crippen LogP contribution in [0.25, 0.3) is 0 Å². The van der Waals surface area contributed by atoms with Gasteiger partial charge in [-0.1, -0.05) is 38.8 Å². The van der Waals surface area contributed by atoms with Crippen molar-refractivity contribution in [3.8, 4) is 5.75 Å². The van der Waals surface area contributed by atoms with Crippen LogP contribution in [0.2, 0.25) is 0 Å². The molecule has 0 bridgehead atoms. The highest BCUT2D eigenvalue weighted by Gasteiger charge is 2.09. The van der Waals surface area contributed by atoms with Crippen molar-refractivity contribution in [3.05, 3.63) is 29.8 Å². The van der Waals surface area contributed by atoms with Crippen molar-refractivity contribution < 1.29 is 9.84 Å². The lowest BCUT2D eigenvalue weighted by atomic mass is 10.0. The Morgan fingerprint density at radius 3 is 2.68 bits per heavy atom. The number of aliphatic hydroxyl groups is 1. The molecule has 0 radical (unpaired) electrons. The molecular formula is C16H27NO2. The molecule has 0 aliphatic rings. The Hall–Kier alpha value is -1.06. The van der Waals surface area contributed by atoms with Crippen LogP contribution < -0.4 is 10.5 Å². The number of nitrogens with two attached hydrogens (primary N) is 1. The van der Waals surface area contributed by atoms with Crippen LogP contribution in [-0.4, -0.2) is 18.3 Å². The van der Waals surface area contributed by atoms with E-state index in [1.165, 1.54) is 12.8 Å². The number of hydrogen-bond donors (Lipinski definition) is 2. The Bertz CT molecular complexity index is 354. The van der Waals surface area contributed by atoms with Gasteiger partial charge in [-0.3, -0.25) is 0 Å². The molecule has 1 aromatic carbocycles. The molecule has 3 heteroatoms. The Kier molecular flexibility index (Phi) is 7.53. The van der Waals surface area contributed by atoms with E-state index in [0.717, 1.165) is 24.3 Å². The second-order valence-electron chi connectivity index (χ2n) is 5.04. The zero-order valence-corrected chi connectivity index (χ0v) is 12.1. The van der Waals surface area contributed by atoms with Crippen LogP contribution in [0, 0.1) is 5.92 Å². The second kappa shape index (κ2) is 8.94. The van der Waals surface area contributed by atoms with E-state index in [4.69, 9.17) is 10.5 Å². The monoisotopic (exact) mass is 265 g/mol. The SMILES string of the molecule is CCCC(CC)COc1cccc(C(O)CCN)c1. The number of benzene rings is 1. The fourth-order valence-electron chi connectivity index (χ4n) is 2.16. The number of aliphatic hydroxyl groups excluding tert-OH is 1. The van der Waals surface area contributed by atoms with Crippen molar-refractivity contribution in [3.63, 3.8) is 0 Å². The lowest BCUT2D eigenvalue weighted by molar-refractivity contribution is 0.169. The van der Waals surface area contributed by atoms with Gasteiger partial charge in [-0.15, -0.1) is 0 Å². The zero-order chi connectivity index (χ0) is 14.1. The highest BCUT2D eigenvalue weighted by Crippen LogP contribution is 2.22. The normalized spacial score (nSPS) is 14.1. The molecule has 3 nitrogen and oxygen atoms in total. The number of rotatable bonds is 9. The van der Waals surface area contributed by atoms with E-state index in [1.807, 2.05) is 24.3 Å². The van der Waals surface area contributed by atoms with Gasteiger partial charge in [0.05, 0.1) is 12.7 Å². The minimum absolute atomic E-state index is 0.487. The Balaban J connectivity index is 2.56. The van der Waals surface area contributed by atoms with Gasteiger partial charge in [0.25, 0.3) is 0 Å². The first-order valence-corrected chi connectivity index (χ1v) is 7.32. The molecular weight excluding hydrogens is 238 g/mol. The molecule has 2 unspecified atom stereocenters. The van der Waals surface area contributed by atoms with Gasteiger partial charge in [0.15, 0.2) is 0 Å². The van der Waals surface area contributed by atoms with Gasteiger partial charge in [-0.25, -0.2) is 0 Å². The Labute approximate surface area is 116 Å². The number of hydrogen-bond acceptors (Lipinski definition) is 3. The molecule has 19 heavy (non-hydrogen) atoms. The van der Waals surface area contributed by atoms with E-state index in [9.17, 15) is 5.11 Å². The standard InChI is InChI=1S/C16H27NO2/c1-3-6-13(4-2)12-19-15-8-5-7-14(11-15)16(18)9-10-17/h5,7-8,11,13,16,18H,3-4,6,9-10,12,17H2,1-2H3. The van der Waals surface area contributed by atoms with E-state index >= 15 is 0 Å². The van der Waals surface area contributed by atoms with E-state index in [2.05, 4.69) is 13.8 Å². The van der Waals surface area contributed by atoms with Crippen LogP contribution in [-0.2, 0) is 0 Å². The molecule has 0 heterocycles. The molecule has 1 aromatic rings. The maximum atomic E-state index is 9.92. The summed E-state index contributed by atoms with van der Waals surface area (Å²) in [5.41, 5.74) is 6.34. The Morgan fingerprint density at radius 1 is 1.26 bits per heavy atom. The van der Waals surface area contributed by atoms with Crippen molar-refractivity contribution >= 4 is 0 Å². The predicted molar refractivity (Wildman–Crippen MR) is 79.3 cm³/mol. The van der Waals surface area contributed by atoms with Crippen LogP contribution >= 0.6 is 0 Å². The predicted octanol–water partition coefficient (Wildman–Crippen LogP) is 3.27. The van der Waals surface area contributed by atoms with Gasteiger partial charge in [-0.2, -0.15) is 0 Å². The summed E-state index contributed by atoms with van der Waals surface area (Å²) in [7, 11) is 0. The summed E-state index contributed by atoms with van der Waals surface area (Å²) in [6.45, 7) is 5.64. The smallest absolute Gasteiger partial charge is 0.119 e. The molecule has 0 aliphatic heterocycles. The minimum Gasteiger partial charge on any atom is -0.493 e. The van der Waals surface area contributed by atoms with Crippen LogP contribution in [0.1, 0.15) is 51.2 Å². The molecule has 0 saturated carbocycles. The van der Waals surface area contributed by atoms with E-state index in [0.29, 0.717) is 18.9 Å². The van der Waals surface area contributed by atoms with E-state index in [1.54, 1.807) is 0 Å². The van der Waals surface area contributed by atoms with Crippen LogP contribution in [0.5, 0.6) is 5.75 Å². The third-order valence-corrected chi connectivity index (χ3v) is 3.44. The quantitative estimate of drug-likeness (QED) is 0.720. The van der Waals surface area contributed by atoms with Gasteiger partial charge in [0.2, 0.25) is 0 Å². The van der Waals surface area contributed by atoms with Crippen molar-refractivity contribution in [2.75, 3.05) is 13.2 Å². The lowest BCUT2D eigenvalue weighted by Crippen LogP contribution is -2.11. The van der Waals surface area contributed by atoms with Gasteiger partial charge < -0.3 is 15.6 Å². The molecule has 0 spiro atoms. The fourth-order valence-corrected chi connectivity index (χ4v) is 2.16. The number of ether oxygens (including phenoxy) is 1. The molecule has 1 rings (SSSR count). The van der Waals surface area contributed by atoms with Crippen LogP contribution in [0.4, 0.5) is 0 Å². The molecule has 0 aromatic heterocycles. The Morgan fingerprint density at radius 2 is 2.05 bits per heavy atom. The van der Waals surface area contributed by atoms with Crippen molar-refractivity contribution in [2.24, 2.45) is 11.7 Å². The van der Waals surface area contributed by atoms with Gasteiger partial charge in [0.1, 0.15) is 5.75 Å². The summed E-state index contributed by atoms with van der Waals surface area (Å²) in [5.74, 6) is 1.45. The molecule has 2 atom stereocenters. The molecule has 108 valence electrons. The highest BCUT2D eigenvalue weighted by molar-refractivity contribution is 5.29. The average Bonchev–Trinajstić information content (AvgIpc) is 2.44. The summed E-state index contributed by atoms with van der Waals surface area (Å²) in [5, 5.41) is 9.92. The molecule has 3 N–H and O–H groups in total. The summed E-state index contributed by atoms with van der Waals surface area (Å²) >= 11 is 0. The summed E-state index contributed by atoms with van der Waals surface area (Å²) in [4.78, 5) is 0. The lowest BCUT2D eigenvalue weighted by Gasteiger charge is -2.16. The summed E-state index contributed by atoms with van der Waals surface area (Å²) in [6, 6.07) is 7.69.